The Morgan fingerprint density at radius 3 is 2.20 bits per heavy atom. The molecule has 1 aliphatic heterocycles. The van der Waals surface area contributed by atoms with E-state index in [0.717, 1.165) is 11.0 Å². The molecule has 0 amide bonds. The summed E-state index contributed by atoms with van der Waals surface area (Å²) in [6.07, 6.45) is 0. The predicted molar refractivity (Wildman–Crippen MR) is 98.2 cm³/mol. The summed E-state index contributed by atoms with van der Waals surface area (Å²) in [4.78, 5) is 11.9. The van der Waals surface area contributed by atoms with E-state index >= 15 is 0 Å². The predicted octanol–water partition coefficient (Wildman–Crippen LogP) is 3.01. The van der Waals surface area contributed by atoms with Crippen LogP contribution in [0.15, 0.2) is 18.2 Å². The molecule has 1 heterocycles. The molecule has 0 aliphatic carbocycles. The highest BCUT2D eigenvalue weighted by molar-refractivity contribution is 6.62. The van der Waals surface area contributed by atoms with Crippen molar-refractivity contribution in [3.63, 3.8) is 0 Å². The maximum Gasteiger partial charge on any atom is 0.495 e. The zero-order valence-electron chi connectivity index (χ0n) is 16.6. The average molecular weight is 348 g/mol. The molecule has 1 aromatic rings. The minimum atomic E-state index is -0.528. The summed E-state index contributed by atoms with van der Waals surface area (Å²) in [6.45, 7) is 15.4. The van der Waals surface area contributed by atoms with E-state index in [1.54, 1.807) is 0 Å². The van der Waals surface area contributed by atoms with Crippen molar-refractivity contribution in [2.45, 2.75) is 72.2 Å². The van der Waals surface area contributed by atoms with Crippen LogP contribution in [-0.4, -0.2) is 36.5 Å². The first kappa shape index (κ1) is 19.8. The minimum absolute atomic E-state index is 0.134. The SMILES string of the molecule is Cc1c(OCC(=O)OC(C)(C)C)cccc1B1OC(C)(C)C(C)(C)O1. The van der Waals surface area contributed by atoms with Crippen molar-refractivity contribution in [2.75, 3.05) is 6.61 Å². The largest absolute Gasteiger partial charge is 0.495 e. The van der Waals surface area contributed by atoms with Crippen LogP contribution in [0, 0.1) is 6.92 Å². The van der Waals surface area contributed by atoms with Crippen molar-refractivity contribution in [1.29, 1.82) is 0 Å². The number of hydrogen-bond acceptors (Lipinski definition) is 5. The van der Waals surface area contributed by atoms with Gasteiger partial charge < -0.3 is 18.8 Å². The van der Waals surface area contributed by atoms with Gasteiger partial charge in [-0.3, -0.25) is 0 Å². The molecule has 0 saturated carbocycles. The van der Waals surface area contributed by atoms with Crippen LogP contribution < -0.4 is 10.2 Å². The van der Waals surface area contributed by atoms with E-state index in [2.05, 4.69) is 0 Å². The molecule has 0 N–H and O–H groups in total. The number of ether oxygens (including phenoxy) is 2. The molecule has 0 spiro atoms. The number of hydrogen-bond donors (Lipinski definition) is 0. The van der Waals surface area contributed by atoms with Gasteiger partial charge in [-0.1, -0.05) is 12.1 Å². The summed E-state index contributed by atoms with van der Waals surface area (Å²) in [5.41, 5.74) is 0.458. The second-order valence-electron chi connectivity index (χ2n) is 8.43. The summed E-state index contributed by atoms with van der Waals surface area (Å²) in [5, 5.41) is 0. The molecule has 1 aliphatic rings. The molecule has 0 unspecified atom stereocenters. The van der Waals surface area contributed by atoms with Crippen molar-refractivity contribution in [3.05, 3.63) is 23.8 Å². The first-order chi connectivity index (χ1) is 11.3. The van der Waals surface area contributed by atoms with Gasteiger partial charge in [0, 0.05) is 0 Å². The molecule has 1 saturated heterocycles. The Kier molecular flexibility index (Phi) is 5.27. The summed E-state index contributed by atoms with van der Waals surface area (Å²) in [5.74, 6) is 0.228. The maximum atomic E-state index is 11.9. The van der Waals surface area contributed by atoms with E-state index < -0.39 is 29.9 Å². The van der Waals surface area contributed by atoms with Crippen molar-refractivity contribution >= 4 is 18.6 Å². The number of esters is 1. The highest BCUT2D eigenvalue weighted by Crippen LogP contribution is 2.37. The van der Waals surface area contributed by atoms with Gasteiger partial charge in [0.2, 0.25) is 0 Å². The van der Waals surface area contributed by atoms with E-state index in [1.165, 1.54) is 0 Å². The molecule has 0 bridgehead atoms. The standard InChI is InChI=1S/C19H29BO5/c1-13-14(20-24-18(5,6)19(7,8)25-20)10-9-11-15(13)22-12-16(21)23-17(2,3)4/h9-11H,12H2,1-8H3. The zero-order valence-corrected chi connectivity index (χ0v) is 16.6. The van der Waals surface area contributed by atoms with Crippen molar-refractivity contribution in [2.24, 2.45) is 0 Å². The molecule has 0 aromatic heterocycles. The molecule has 6 heteroatoms. The number of rotatable bonds is 4. The van der Waals surface area contributed by atoms with Gasteiger partial charge in [-0.05, 0) is 72.5 Å². The first-order valence-electron chi connectivity index (χ1n) is 8.62. The third-order valence-corrected chi connectivity index (χ3v) is 4.60. The Balaban J connectivity index is 2.12. The van der Waals surface area contributed by atoms with Gasteiger partial charge in [-0.15, -0.1) is 0 Å². The van der Waals surface area contributed by atoms with Crippen molar-refractivity contribution in [1.82, 2.24) is 0 Å². The third-order valence-electron chi connectivity index (χ3n) is 4.60. The van der Waals surface area contributed by atoms with E-state index in [4.69, 9.17) is 18.8 Å². The van der Waals surface area contributed by atoms with E-state index in [1.807, 2.05) is 73.6 Å². The molecule has 25 heavy (non-hydrogen) atoms. The fraction of sp³-hybridized carbons (Fsp3) is 0.632. The molecule has 5 nitrogen and oxygen atoms in total. The molecule has 1 aromatic carbocycles. The Hall–Kier alpha value is -1.53. The fourth-order valence-corrected chi connectivity index (χ4v) is 2.52. The van der Waals surface area contributed by atoms with Crippen LogP contribution in [0.1, 0.15) is 54.0 Å². The van der Waals surface area contributed by atoms with E-state index in [9.17, 15) is 4.79 Å². The van der Waals surface area contributed by atoms with Gasteiger partial charge in [-0.2, -0.15) is 0 Å². The third kappa shape index (κ3) is 4.56. The summed E-state index contributed by atoms with van der Waals surface area (Å²) in [7, 11) is -0.463. The normalized spacial score (nSPS) is 19.0. The van der Waals surface area contributed by atoms with Gasteiger partial charge >= 0.3 is 13.1 Å². The number of carbonyl (C=O) groups is 1. The van der Waals surface area contributed by atoms with Gasteiger partial charge in [-0.25, -0.2) is 4.79 Å². The van der Waals surface area contributed by atoms with Crippen LogP contribution >= 0.6 is 0 Å². The maximum absolute atomic E-state index is 11.9. The smallest absolute Gasteiger partial charge is 0.482 e. The summed E-state index contributed by atoms with van der Waals surface area (Å²) in [6, 6.07) is 5.66. The molecule has 0 atom stereocenters. The van der Waals surface area contributed by atoms with Gasteiger partial charge in [0.1, 0.15) is 11.4 Å². The summed E-state index contributed by atoms with van der Waals surface area (Å²) < 4.78 is 23.1. The highest BCUT2D eigenvalue weighted by atomic mass is 16.7. The lowest BCUT2D eigenvalue weighted by molar-refractivity contribution is -0.157. The lowest BCUT2D eigenvalue weighted by atomic mass is 9.76. The van der Waals surface area contributed by atoms with Crippen LogP contribution in [-0.2, 0) is 18.8 Å². The lowest BCUT2D eigenvalue weighted by Gasteiger charge is -2.32. The van der Waals surface area contributed by atoms with E-state index in [-0.39, 0.29) is 6.61 Å². The monoisotopic (exact) mass is 348 g/mol. The lowest BCUT2D eigenvalue weighted by Crippen LogP contribution is -2.41. The minimum Gasteiger partial charge on any atom is -0.482 e. The first-order valence-corrected chi connectivity index (χ1v) is 8.62. The Morgan fingerprint density at radius 2 is 1.68 bits per heavy atom. The molecule has 2 rings (SSSR count). The van der Waals surface area contributed by atoms with Crippen LogP contribution in [0.2, 0.25) is 0 Å². The zero-order chi connectivity index (χ0) is 19.0. The second kappa shape index (κ2) is 6.65. The van der Waals surface area contributed by atoms with Crippen LogP contribution in [0.25, 0.3) is 0 Å². The average Bonchev–Trinajstić information content (AvgIpc) is 2.64. The topological polar surface area (TPSA) is 54.0 Å². The van der Waals surface area contributed by atoms with Gasteiger partial charge in [0.05, 0.1) is 11.2 Å². The molecular formula is C19H29BO5. The van der Waals surface area contributed by atoms with Crippen LogP contribution in [0.3, 0.4) is 0 Å². The van der Waals surface area contributed by atoms with E-state index in [0.29, 0.717) is 5.75 Å². The van der Waals surface area contributed by atoms with Crippen molar-refractivity contribution < 1.29 is 23.6 Å². The Bertz CT molecular complexity index is 630. The van der Waals surface area contributed by atoms with Gasteiger partial charge in [0.25, 0.3) is 0 Å². The molecular weight excluding hydrogens is 319 g/mol. The second-order valence-corrected chi connectivity index (χ2v) is 8.43. The van der Waals surface area contributed by atoms with Crippen molar-refractivity contribution in [3.8, 4) is 5.75 Å². The Morgan fingerprint density at radius 1 is 1.12 bits per heavy atom. The summed E-state index contributed by atoms with van der Waals surface area (Å²) >= 11 is 0. The Labute approximate surface area is 151 Å². The molecule has 0 radical (unpaired) electrons. The fourth-order valence-electron chi connectivity index (χ4n) is 2.52. The highest BCUT2D eigenvalue weighted by Gasteiger charge is 2.52. The van der Waals surface area contributed by atoms with Crippen LogP contribution in [0.5, 0.6) is 5.75 Å². The number of carbonyl (C=O) groups excluding carboxylic acids is 1. The molecule has 1 fully saturated rings. The van der Waals surface area contributed by atoms with Gasteiger partial charge in [0.15, 0.2) is 6.61 Å². The quantitative estimate of drug-likeness (QED) is 0.618. The van der Waals surface area contributed by atoms with Crippen LogP contribution in [0.4, 0.5) is 0 Å². The molecule has 138 valence electrons. The number of benzene rings is 1.